The SMILES string of the molecule is CCCN(CCCC(C#N)(c1ccc(F)cc1)C1CC1)Cc1ccccc1. The second-order valence-electron chi connectivity index (χ2n) is 7.73. The molecule has 0 saturated heterocycles. The number of hydrogen-bond donors (Lipinski definition) is 0. The van der Waals surface area contributed by atoms with Gasteiger partial charge in [-0.1, -0.05) is 49.4 Å². The highest BCUT2D eigenvalue weighted by Gasteiger charge is 2.46. The lowest BCUT2D eigenvalue weighted by molar-refractivity contribution is 0.250. The molecule has 1 aliphatic carbocycles. The van der Waals surface area contributed by atoms with E-state index in [1.54, 1.807) is 0 Å². The lowest BCUT2D eigenvalue weighted by Crippen LogP contribution is -2.30. The second-order valence-corrected chi connectivity index (χ2v) is 7.73. The van der Waals surface area contributed by atoms with Gasteiger partial charge in [-0.25, -0.2) is 4.39 Å². The summed E-state index contributed by atoms with van der Waals surface area (Å²) in [5.74, 6) is 0.181. The van der Waals surface area contributed by atoms with Gasteiger partial charge in [-0.3, -0.25) is 4.90 Å². The molecular weight excluding hydrogens is 335 g/mol. The summed E-state index contributed by atoms with van der Waals surface area (Å²) in [5, 5.41) is 10.1. The molecule has 0 radical (unpaired) electrons. The number of rotatable bonds is 10. The van der Waals surface area contributed by atoms with Crippen LogP contribution in [0, 0.1) is 23.1 Å². The van der Waals surface area contributed by atoms with Crippen molar-refractivity contribution >= 4 is 0 Å². The molecule has 2 nitrogen and oxygen atoms in total. The molecular formula is C24H29FN2. The number of benzene rings is 2. The van der Waals surface area contributed by atoms with Crippen molar-refractivity contribution in [3.05, 3.63) is 71.5 Å². The third-order valence-electron chi connectivity index (χ3n) is 5.67. The summed E-state index contributed by atoms with van der Waals surface area (Å²) in [6.45, 7) is 5.21. The van der Waals surface area contributed by atoms with Crippen molar-refractivity contribution in [2.45, 2.75) is 51.0 Å². The predicted octanol–water partition coefficient (Wildman–Crippen LogP) is 5.69. The monoisotopic (exact) mass is 364 g/mol. The van der Waals surface area contributed by atoms with E-state index in [-0.39, 0.29) is 5.82 Å². The van der Waals surface area contributed by atoms with E-state index in [2.05, 4.69) is 42.2 Å². The molecule has 1 fully saturated rings. The fourth-order valence-electron chi connectivity index (χ4n) is 4.13. The quantitative estimate of drug-likeness (QED) is 0.541. The van der Waals surface area contributed by atoms with Gasteiger partial charge < -0.3 is 0 Å². The van der Waals surface area contributed by atoms with Crippen molar-refractivity contribution in [1.29, 1.82) is 5.26 Å². The summed E-state index contributed by atoms with van der Waals surface area (Å²) in [5.41, 5.74) is 1.86. The Morgan fingerprint density at radius 2 is 1.78 bits per heavy atom. The molecule has 0 aliphatic heterocycles. The second kappa shape index (κ2) is 9.15. The first-order valence-corrected chi connectivity index (χ1v) is 10.1. The zero-order chi connectivity index (χ0) is 19.1. The minimum absolute atomic E-state index is 0.238. The summed E-state index contributed by atoms with van der Waals surface area (Å²) in [7, 11) is 0. The van der Waals surface area contributed by atoms with Crippen molar-refractivity contribution in [3.63, 3.8) is 0 Å². The first-order valence-electron chi connectivity index (χ1n) is 10.1. The van der Waals surface area contributed by atoms with Crippen molar-refractivity contribution in [1.82, 2.24) is 4.90 Å². The average Bonchev–Trinajstić information content (AvgIpc) is 3.53. The van der Waals surface area contributed by atoms with E-state index in [9.17, 15) is 9.65 Å². The molecule has 2 aromatic carbocycles. The van der Waals surface area contributed by atoms with Crippen molar-refractivity contribution in [2.24, 2.45) is 5.92 Å². The third-order valence-corrected chi connectivity index (χ3v) is 5.67. The van der Waals surface area contributed by atoms with Crippen LogP contribution in [0.5, 0.6) is 0 Å². The number of nitriles is 1. The topological polar surface area (TPSA) is 27.0 Å². The van der Waals surface area contributed by atoms with E-state index >= 15 is 0 Å². The van der Waals surface area contributed by atoms with Crippen molar-refractivity contribution in [2.75, 3.05) is 13.1 Å². The summed E-state index contributed by atoms with van der Waals surface area (Å²) in [6.07, 6.45) is 5.15. The van der Waals surface area contributed by atoms with Gasteiger partial charge in [0.2, 0.25) is 0 Å². The van der Waals surface area contributed by atoms with Crippen LogP contribution in [-0.4, -0.2) is 18.0 Å². The lowest BCUT2D eigenvalue weighted by Gasteiger charge is -2.29. The average molecular weight is 365 g/mol. The molecule has 1 saturated carbocycles. The van der Waals surface area contributed by atoms with Gasteiger partial charge in [0.25, 0.3) is 0 Å². The predicted molar refractivity (Wildman–Crippen MR) is 108 cm³/mol. The zero-order valence-electron chi connectivity index (χ0n) is 16.2. The molecule has 0 heterocycles. The largest absolute Gasteiger partial charge is 0.299 e. The van der Waals surface area contributed by atoms with Gasteiger partial charge in [-0.05, 0) is 74.4 Å². The summed E-state index contributed by atoms with van der Waals surface area (Å²) in [4.78, 5) is 2.48. The Hall–Kier alpha value is -2.18. The Kier molecular flexibility index (Phi) is 6.63. The van der Waals surface area contributed by atoms with E-state index in [1.165, 1.54) is 17.7 Å². The summed E-state index contributed by atoms with van der Waals surface area (Å²) < 4.78 is 13.4. The van der Waals surface area contributed by atoms with Crippen molar-refractivity contribution in [3.8, 4) is 6.07 Å². The summed E-state index contributed by atoms with van der Waals surface area (Å²) >= 11 is 0. The van der Waals surface area contributed by atoms with Crippen molar-refractivity contribution < 1.29 is 4.39 Å². The minimum Gasteiger partial charge on any atom is -0.299 e. The molecule has 27 heavy (non-hydrogen) atoms. The fraction of sp³-hybridized carbons (Fsp3) is 0.458. The Bertz CT molecular complexity index is 746. The minimum atomic E-state index is -0.460. The van der Waals surface area contributed by atoms with Crippen LogP contribution in [0.2, 0.25) is 0 Å². The lowest BCUT2D eigenvalue weighted by atomic mass is 9.74. The van der Waals surface area contributed by atoms with E-state index in [1.807, 2.05) is 18.2 Å². The molecule has 142 valence electrons. The maximum atomic E-state index is 13.4. The third kappa shape index (κ3) is 4.96. The number of hydrogen-bond acceptors (Lipinski definition) is 2. The van der Waals surface area contributed by atoms with Gasteiger partial charge in [0.1, 0.15) is 5.82 Å². The van der Waals surface area contributed by atoms with Crippen LogP contribution in [0.15, 0.2) is 54.6 Å². The van der Waals surface area contributed by atoms with E-state index in [4.69, 9.17) is 0 Å². The van der Waals surface area contributed by atoms with Gasteiger partial charge in [-0.2, -0.15) is 5.26 Å². The molecule has 0 spiro atoms. The Balaban J connectivity index is 1.66. The van der Waals surface area contributed by atoms with Crippen LogP contribution in [-0.2, 0) is 12.0 Å². The Labute approximate surface area is 162 Å². The van der Waals surface area contributed by atoms with Gasteiger partial charge in [-0.15, -0.1) is 0 Å². The van der Waals surface area contributed by atoms with Crippen LogP contribution >= 0.6 is 0 Å². The molecule has 2 aromatic rings. The Morgan fingerprint density at radius 3 is 2.37 bits per heavy atom. The maximum Gasteiger partial charge on any atom is 0.123 e. The first-order chi connectivity index (χ1) is 13.2. The van der Waals surface area contributed by atoms with Gasteiger partial charge >= 0.3 is 0 Å². The van der Waals surface area contributed by atoms with Crippen LogP contribution in [0.3, 0.4) is 0 Å². The van der Waals surface area contributed by atoms with Gasteiger partial charge in [0, 0.05) is 6.54 Å². The maximum absolute atomic E-state index is 13.4. The van der Waals surface area contributed by atoms with E-state index < -0.39 is 5.41 Å². The normalized spacial score (nSPS) is 16.1. The molecule has 0 aromatic heterocycles. The highest BCUT2D eigenvalue weighted by molar-refractivity contribution is 5.35. The fourth-order valence-corrected chi connectivity index (χ4v) is 4.13. The van der Waals surface area contributed by atoms with Crippen LogP contribution in [0.4, 0.5) is 4.39 Å². The molecule has 1 aliphatic rings. The van der Waals surface area contributed by atoms with E-state index in [0.29, 0.717) is 5.92 Å². The van der Waals surface area contributed by atoms with Crippen LogP contribution in [0.1, 0.15) is 50.2 Å². The number of nitrogens with zero attached hydrogens (tertiary/aromatic N) is 2. The molecule has 0 bridgehead atoms. The highest BCUT2D eigenvalue weighted by atomic mass is 19.1. The molecule has 3 heteroatoms. The van der Waals surface area contributed by atoms with Gasteiger partial charge in [0.05, 0.1) is 11.5 Å². The number of halogens is 1. The summed E-state index contributed by atoms with van der Waals surface area (Å²) in [6, 6.07) is 19.8. The molecule has 1 unspecified atom stereocenters. The molecule has 1 atom stereocenters. The zero-order valence-corrected chi connectivity index (χ0v) is 16.2. The van der Waals surface area contributed by atoms with Crippen LogP contribution in [0.25, 0.3) is 0 Å². The molecule has 0 amide bonds. The van der Waals surface area contributed by atoms with Crippen LogP contribution < -0.4 is 0 Å². The highest BCUT2D eigenvalue weighted by Crippen LogP contribution is 2.49. The Morgan fingerprint density at radius 1 is 1.07 bits per heavy atom. The van der Waals surface area contributed by atoms with E-state index in [0.717, 1.165) is 57.3 Å². The molecule has 0 N–H and O–H groups in total. The standard InChI is InChI=1S/C24H29FN2/c1-2-16-27(18-20-7-4-3-5-8-20)17-6-15-24(19-26,21-9-10-21)22-11-13-23(25)14-12-22/h3-5,7-8,11-14,21H,2,6,9-10,15-18H2,1H3. The first kappa shape index (κ1) is 19.6. The smallest absolute Gasteiger partial charge is 0.123 e. The molecule has 3 rings (SSSR count). The van der Waals surface area contributed by atoms with Gasteiger partial charge in [0.15, 0.2) is 0 Å².